The summed E-state index contributed by atoms with van der Waals surface area (Å²) in [7, 11) is 1.73. The van der Waals surface area contributed by atoms with Gasteiger partial charge in [0.1, 0.15) is 11.5 Å². The van der Waals surface area contributed by atoms with E-state index in [0.29, 0.717) is 5.75 Å². The van der Waals surface area contributed by atoms with Crippen LogP contribution in [0, 0.1) is 0 Å². The van der Waals surface area contributed by atoms with Gasteiger partial charge in [0.05, 0.1) is 13.2 Å². The summed E-state index contributed by atoms with van der Waals surface area (Å²) in [4.78, 5) is 0. The van der Waals surface area contributed by atoms with Crippen LogP contribution in [0.25, 0.3) is 0 Å². The number of aromatic hydroxyl groups is 1. The van der Waals surface area contributed by atoms with E-state index < -0.39 is 0 Å². The summed E-state index contributed by atoms with van der Waals surface area (Å²) in [5, 5.41) is 13.4. The molecule has 3 heteroatoms. The van der Waals surface area contributed by atoms with Crippen molar-refractivity contribution in [2.24, 2.45) is 0 Å². The van der Waals surface area contributed by atoms with Crippen molar-refractivity contribution in [1.29, 1.82) is 0 Å². The van der Waals surface area contributed by atoms with Crippen molar-refractivity contribution in [1.82, 2.24) is 5.32 Å². The highest BCUT2D eigenvalue weighted by Crippen LogP contribution is 2.38. The van der Waals surface area contributed by atoms with Gasteiger partial charge < -0.3 is 15.2 Å². The van der Waals surface area contributed by atoms with Gasteiger partial charge in [-0.05, 0) is 59.2 Å². The van der Waals surface area contributed by atoms with E-state index in [1.54, 1.807) is 13.2 Å². The molecule has 2 aromatic rings. The van der Waals surface area contributed by atoms with Crippen LogP contribution in [0.2, 0.25) is 0 Å². The molecule has 24 heavy (non-hydrogen) atoms. The lowest BCUT2D eigenvalue weighted by Gasteiger charge is -2.31. The molecular formula is C21H27NO2. The van der Waals surface area contributed by atoms with Gasteiger partial charge in [-0.1, -0.05) is 32.9 Å². The van der Waals surface area contributed by atoms with Gasteiger partial charge in [0, 0.05) is 12.1 Å². The summed E-state index contributed by atoms with van der Waals surface area (Å²) in [6, 6.07) is 12.3. The molecule has 128 valence electrons. The maximum Gasteiger partial charge on any atom is 0.124 e. The molecule has 0 amide bonds. The molecule has 0 bridgehead atoms. The maximum absolute atomic E-state index is 9.78. The van der Waals surface area contributed by atoms with E-state index in [-0.39, 0.29) is 11.5 Å². The first-order valence-corrected chi connectivity index (χ1v) is 8.70. The molecule has 0 saturated heterocycles. The molecule has 2 N–H and O–H groups in total. The molecular weight excluding hydrogens is 298 g/mol. The van der Waals surface area contributed by atoms with E-state index in [9.17, 15) is 5.11 Å². The number of phenolic OH excluding ortho intramolecular Hbond substituents is 1. The number of rotatable bonds is 4. The van der Waals surface area contributed by atoms with Gasteiger partial charge in [-0.2, -0.15) is 0 Å². The van der Waals surface area contributed by atoms with Crippen molar-refractivity contribution >= 4 is 0 Å². The molecule has 2 aromatic carbocycles. The third-order valence-electron chi connectivity index (χ3n) is 5.39. The summed E-state index contributed by atoms with van der Waals surface area (Å²) in [6.07, 6.45) is 2.02. The second-order valence-electron chi connectivity index (χ2n) is 7.21. The fourth-order valence-corrected chi connectivity index (χ4v) is 3.41. The standard InChI is InChI=1S/C21H27NO2/c1-5-21(2,3)15-6-9-19(24-4)18(13-15)20-17-8-7-16(23)12-14(17)10-11-22-20/h6-9,12-13,20,22-23H,5,10-11H2,1-4H3. The zero-order valence-corrected chi connectivity index (χ0v) is 15.0. The normalized spacial score (nSPS) is 17.4. The van der Waals surface area contributed by atoms with Gasteiger partial charge in [0.2, 0.25) is 0 Å². The van der Waals surface area contributed by atoms with Crippen LogP contribution >= 0.6 is 0 Å². The summed E-state index contributed by atoms with van der Waals surface area (Å²) in [5.41, 5.74) is 5.06. The SMILES string of the molecule is CCC(C)(C)c1ccc(OC)c(C2NCCc3cc(O)ccc32)c1. The van der Waals surface area contributed by atoms with Crippen LogP contribution in [-0.4, -0.2) is 18.8 Å². The number of hydrogen-bond acceptors (Lipinski definition) is 3. The molecule has 1 aliphatic rings. The van der Waals surface area contributed by atoms with E-state index >= 15 is 0 Å². The number of ether oxygens (including phenoxy) is 1. The van der Waals surface area contributed by atoms with Crippen LogP contribution in [0.15, 0.2) is 36.4 Å². The number of phenols is 1. The van der Waals surface area contributed by atoms with Gasteiger partial charge in [-0.3, -0.25) is 0 Å². The quantitative estimate of drug-likeness (QED) is 0.879. The first-order chi connectivity index (χ1) is 11.5. The first kappa shape index (κ1) is 16.8. The minimum absolute atomic E-state index is 0.0944. The fraction of sp³-hybridized carbons (Fsp3) is 0.429. The third kappa shape index (κ3) is 3.01. The summed E-state index contributed by atoms with van der Waals surface area (Å²) >= 11 is 0. The van der Waals surface area contributed by atoms with E-state index in [1.807, 2.05) is 12.1 Å². The molecule has 1 unspecified atom stereocenters. The maximum atomic E-state index is 9.78. The number of hydrogen-bond donors (Lipinski definition) is 2. The van der Waals surface area contributed by atoms with Crippen molar-refractivity contribution in [3.05, 3.63) is 58.7 Å². The molecule has 0 radical (unpaired) electrons. The minimum atomic E-state index is 0.0944. The lowest BCUT2D eigenvalue weighted by atomic mass is 9.80. The summed E-state index contributed by atoms with van der Waals surface area (Å²) in [5.74, 6) is 1.24. The molecule has 1 aliphatic heterocycles. The summed E-state index contributed by atoms with van der Waals surface area (Å²) < 4.78 is 5.65. The average Bonchev–Trinajstić information content (AvgIpc) is 2.60. The Morgan fingerprint density at radius 3 is 2.67 bits per heavy atom. The molecule has 0 spiro atoms. The highest BCUT2D eigenvalue weighted by molar-refractivity contribution is 5.49. The van der Waals surface area contributed by atoms with E-state index in [4.69, 9.17) is 4.74 Å². The van der Waals surface area contributed by atoms with Crippen molar-refractivity contribution in [2.45, 2.75) is 45.1 Å². The third-order valence-corrected chi connectivity index (χ3v) is 5.39. The van der Waals surface area contributed by atoms with Crippen LogP contribution in [-0.2, 0) is 11.8 Å². The molecule has 0 saturated carbocycles. The summed E-state index contributed by atoms with van der Waals surface area (Å²) in [6.45, 7) is 7.67. The van der Waals surface area contributed by atoms with Crippen molar-refractivity contribution < 1.29 is 9.84 Å². The molecule has 0 aliphatic carbocycles. The number of benzene rings is 2. The average molecular weight is 325 g/mol. The topological polar surface area (TPSA) is 41.5 Å². The van der Waals surface area contributed by atoms with Crippen molar-refractivity contribution in [3.63, 3.8) is 0 Å². The lowest BCUT2D eigenvalue weighted by Crippen LogP contribution is -2.31. The molecule has 0 aromatic heterocycles. The molecule has 3 nitrogen and oxygen atoms in total. The Bertz CT molecular complexity index is 737. The second-order valence-corrected chi connectivity index (χ2v) is 7.21. The fourth-order valence-electron chi connectivity index (χ4n) is 3.41. The smallest absolute Gasteiger partial charge is 0.124 e. The van der Waals surface area contributed by atoms with Crippen LogP contribution in [0.1, 0.15) is 55.5 Å². The zero-order valence-electron chi connectivity index (χ0n) is 15.0. The largest absolute Gasteiger partial charge is 0.508 e. The number of methoxy groups -OCH3 is 1. The van der Waals surface area contributed by atoms with Gasteiger partial charge >= 0.3 is 0 Å². The Kier molecular flexibility index (Phi) is 4.55. The van der Waals surface area contributed by atoms with Crippen LogP contribution in [0.4, 0.5) is 0 Å². The molecule has 1 heterocycles. The Morgan fingerprint density at radius 2 is 1.96 bits per heavy atom. The number of fused-ring (bicyclic) bond motifs is 1. The van der Waals surface area contributed by atoms with Crippen LogP contribution in [0.3, 0.4) is 0 Å². The van der Waals surface area contributed by atoms with E-state index in [0.717, 1.165) is 25.1 Å². The van der Waals surface area contributed by atoms with Crippen molar-refractivity contribution in [3.8, 4) is 11.5 Å². The zero-order chi connectivity index (χ0) is 17.3. The monoisotopic (exact) mass is 325 g/mol. The molecule has 1 atom stereocenters. The minimum Gasteiger partial charge on any atom is -0.508 e. The van der Waals surface area contributed by atoms with Gasteiger partial charge in [0.15, 0.2) is 0 Å². The lowest BCUT2D eigenvalue weighted by molar-refractivity contribution is 0.400. The van der Waals surface area contributed by atoms with E-state index in [2.05, 4.69) is 44.3 Å². The predicted molar refractivity (Wildman–Crippen MR) is 98.0 cm³/mol. The Balaban J connectivity index is 2.11. The van der Waals surface area contributed by atoms with Gasteiger partial charge in [0.25, 0.3) is 0 Å². The highest BCUT2D eigenvalue weighted by Gasteiger charge is 2.27. The molecule has 0 fully saturated rings. The van der Waals surface area contributed by atoms with Crippen molar-refractivity contribution in [2.75, 3.05) is 13.7 Å². The highest BCUT2D eigenvalue weighted by atomic mass is 16.5. The Labute approximate surface area is 144 Å². The first-order valence-electron chi connectivity index (χ1n) is 8.70. The van der Waals surface area contributed by atoms with Gasteiger partial charge in [-0.15, -0.1) is 0 Å². The number of nitrogens with one attached hydrogen (secondary N) is 1. The van der Waals surface area contributed by atoms with Crippen LogP contribution < -0.4 is 10.1 Å². The van der Waals surface area contributed by atoms with E-state index in [1.165, 1.54) is 22.3 Å². The van der Waals surface area contributed by atoms with Gasteiger partial charge in [-0.25, -0.2) is 0 Å². The Hall–Kier alpha value is -2.00. The van der Waals surface area contributed by atoms with Crippen LogP contribution in [0.5, 0.6) is 11.5 Å². The second kappa shape index (κ2) is 6.48. The molecule has 3 rings (SSSR count). The predicted octanol–water partition coefficient (Wildman–Crippen LogP) is 4.32. The Morgan fingerprint density at radius 1 is 1.17 bits per heavy atom.